The number of rotatable bonds is 8. The van der Waals surface area contributed by atoms with Gasteiger partial charge in [-0.05, 0) is 12.5 Å². The summed E-state index contributed by atoms with van der Waals surface area (Å²) in [6, 6.07) is 9.99. The van der Waals surface area contributed by atoms with Crippen LogP contribution < -0.4 is 10.6 Å². The third kappa shape index (κ3) is 8.32. The van der Waals surface area contributed by atoms with Crippen molar-refractivity contribution >= 4 is 35.8 Å². The molecule has 1 amide bonds. The molecule has 0 aromatic heterocycles. The van der Waals surface area contributed by atoms with E-state index >= 15 is 0 Å². The topological polar surface area (TPSA) is 80.2 Å². The fourth-order valence-corrected chi connectivity index (χ4v) is 3.16. The molecule has 1 atom stereocenters. The number of aliphatic hydroxyl groups is 1. The number of carbonyl (C=O) groups excluding carboxylic acids is 1. The zero-order valence-corrected chi connectivity index (χ0v) is 19.3. The Morgan fingerprint density at radius 3 is 2.43 bits per heavy atom. The summed E-state index contributed by atoms with van der Waals surface area (Å²) in [7, 11) is 0. The maximum Gasteiger partial charge on any atom is 0.219 e. The summed E-state index contributed by atoms with van der Waals surface area (Å²) in [5.74, 6) is 0.932. The first-order valence-electron chi connectivity index (χ1n) is 9.80. The summed E-state index contributed by atoms with van der Waals surface area (Å²) in [6.45, 7) is 10.2. The van der Waals surface area contributed by atoms with Crippen molar-refractivity contribution in [2.24, 2.45) is 4.99 Å². The molecule has 2 rings (SSSR count). The van der Waals surface area contributed by atoms with Crippen molar-refractivity contribution < 1.29 is 9.90 Å². The molecule has 1 aromatic rings. The lowest BCUT2D eigenvalue weighted by molar-refractivity contribution is -0.130. The summed E-state index contributed by atoms with van der Waals surface area (Å²) in [6.07, 6.45) is 0. The van der Waals surface area contributed by atoms with Gasteiger partial charge in [-0.3, -0.25) is 14.7 Å². The summed E-state index contributed by atoms with van der Waals surface area (Å²) in [4.78, 5) is 20.3. The molecule has 1 aliphatic heterocycles. The quantitative estimate of drug-likeness (QED) is 0.282. The molecule has 28 heavy (non-hydrogen) atoms. The van der Waals surface area contributed by atoms with Gasteiger partial charge < -0.3 is 20.6 Å². The summed E-state index contributed by atoms with van der Waals surface area (Å²) < 4.78 is 0. The highest BCUT2D eigenvalue weighted by atomic mass is 127. The van der Waals surface area contributed by atoms with E-state index in [9.17, 15) is 9.90 Å². The van der Waals surface area contributed by atoms with Crippen molar-refractivity contribution in [2.75, 3.05) is 59.0 Å². The first-order valence-corrected chi connectivity index (χ1v) is 9.80. The second-order valence-corrected chi connectivity index (χ2v) is 6.78. The van der Waals surface area contributed by atoms with Crippen LogP contribution in [0.3, 0.4) is 0 Å². The molecule has 1 aliphatic rings. The summed E-state index contributed by atoms with van der Waals surface area (Å²) in [5.41, 5.74) is 1.10. The van der Waals surface area contributed by atoms with E-state index in [0.717, 1.165) is 57.3 Å². The Hall–Kier alpha value is -1.39. The maximum atomic E-state index is 11.4. The molecule has 0 saturated carbocycles. The van der Waals surface area contributed by atoms with Crippen LogP contribution in [0.15, 0.2) is 35.3 Å². The number of nitrogens with one attached hydrogen (secondary N) is 2. The van der Waals surface area contributed by atoms with Crippen LogP contribution in [0.2, 0.25) is 0 Å². The molecule has 1 saturated heterocycles. The van der Waals surface area contributed by atoms with Crippen molar-refractivity contribution in [1.29, 1.82) is 0 Å². The molecule has 1 heterocycles. The average molecular weight is 503 g/mol. The second kappa shape index (κ2) is 13.7. The monoisotopic (exact) mass is 503 g/mol. The van der Waals surface area contributed by atoms with Crippen molar-refractivity contribution in [3.8, 4) is 0 Å². The third-order valence-corrected chi connectivity index (χ3v) is 4.84. The number of hydrogen-bond donors (Lipinski definition) is 3. The van der Waals surface area contributed by atoms with Gasteiger partial charge in [-0.1, -0.05) is 30.3 Å². The van der Waals surface area contributed by atoms with E-state index < -0.39 is 0 Å². The number of nitrogens with zero attached hydrogens (tertiary/aromatic N) is 3. The van der Waals surface area contributed by atoms with Gasteiger partial charge in [-0.15, -0.1) is 24.0 Å². The molecule has 1 fully saturated rings. The smallest absolute Gasteiger partial charge is 0.219 e. The molecule has 158 valence electrons. The Morgan fingerprint density at radius 2 is 1.86 bits per heavy atom. The molecule has 8 heteroatoms. The molecular weight excluding hydrogens is 469 g/mol. The SMILES string of the molecule is CCNC(=NCC(CO)c1ccccc1)NCCN1CCN(C(C)=O)CC1.I. The largest absolute Gasteiger partial charge is 0.396 e. The van der Waals surface area contributed by atoms with Crippen LogP contribution in [0.1, 0.15) is 25.3 Å². The lowest BCUT2D eigenvalue weighted by Gasteiger charge is -2.34. The average Bonchev–Trinajstić information content (AvgIpc) is 2.69. The Balaban J connectivity index is 0.00000392. The summed E-state index contributed by atoms with van der Waals surface area (Å²) in [5, 5.41) is 16.3. The number of guanidine groups is 1. The van der Waals surface area contributed by atoms with Crippen LogP contribution in [0, 0.1) is 0 Å². The lowest BCUT2D eigenvalue weighted by Crippen LogP contribution is -2.50. The zero-order chi connectivity index (χ0) is 19.5. The second-order valence-electron chi connectivity index (χ2n) is 6.78. The maximum absolute atomic E-state index is 11.4. The van der Waals surface area contributed by atoms with Crippen LogP contribution >= 0.6 is 24.0 Å². The Labute approximate surface area is 185 Å². The molecule has 1 unspecified atom stereocenters. The molecule has 3 N–H and O–H groups in total. The number of carbonyl (C=O) groups is 1. The molecule has 7 nitrogen and oxygen atoms in total. The molecule has 0 aliphatic carbocycles. The fourth-order valence-electron chi connectivity index (χ4n) is 3.16. The van der Waals surface area contributed by atoms with Crippen LogP contribution in [-0.4, -0.2) is 85.7 Å². The van der Waals surface area contributed by atoms with Crippen LogP contribution in [0.5, 0.6) is 0 Å². The van der Waals surface area contributed by atoms with Gasteiger partial charge >= 0.3 is 0 Å². The first kappa shape index (κ1) is 24.6. The predicted octanol–water partition coefficient (Wildman–Crippen LogP) is 1.10. The van der Waals surface area contributed by atoms with Gasteiger partial charge in [-0.25, -0.2) is 0 Å². The zero-order valence-electron chi connectivity index (χ0n) is 16.9. The highest BCUT2D eigenvalue weighted by Crippen LogP contribution is 2.14. The Bertz CT molecular complexity index is 592. The van der Waals surface area contributed by atoms with E-state index in [0.29, 0.717) is 6.54 Å². The van der Waals surface area contributed by atoms with E-state index in [1.807, 2.05) is 42.2 Å². The van der Waals surface area contributed by atoms with Crippen molar-refractivity contribution in [2.45, 2.75) is 19.8 Å². The van der Waals surface area contributed by atoms with Gasteiger partial charge in [0.15, 0.2) is 5.96 Å². The van der Waals surface area contributed by atoms with E-state index in [4.69, 9.17) is 0 Å². The minimum atomic E-state index is 0. The number of benzene rings is 1. The molecular formula is C20H34IN5O2. The van der Waals surface area contributed by atoms with Gasteiger partial charge in [-0.2, -0.15) is 0 Å². The van der Waals surface area contributed by atoms with Gasteiger partial charge in [0.05, 0.1) is 13.2 Å². The Kier molecular flexibility index (Phi) is 12.1. The number of aliphatic hydroxyl groups excluding tert-OH is 1. The molecule has 0 spiro atoms. The number of hydrogen-bond acceptors (Lipinski definition) is 4. The highest BCUT2D eigenvalue weighted by molar-refractivity contribution is 14.0. The van der Waals surface area contributed by atoms with E-state index in [1.165, 1.54) is 0 Å². The third-order valence-electron chi connectivity index (χ3n) is 4.84. The van der Waals surface area contributed by atoms with Gasteiger partial charge in [0, 0.05) is 58.7 Å². The van der Waals surface area contributed by atoms with Gasteiger partial charge in [0.25, 0.3) is 0 Å². The van der Waals surface area contributed by atoms with Crippen LogP contribution in [0.25, 0.3) is 0 Å². The lowest BCUT2D eigenvalue weighted by atomic mass is 10.0. The minimum absolute atomic E-state index is 0. The molecule has 0 radical (unpaired) electrons. The number of piperazine rings is 1. The van der Waals surface area contributed by atoms with E-state index in [-0.39, 0.29) is 42.4 Å². The van der Waals surface area contributed by atoms with E-state index in [2.05, 4.69) is 20.5 Å². The molecule has 0 bridgehead atoms. The van der Waals surface area contributed by atoms with Crippen molar-refractivity contribution in [1.82, 2.24) is 20.4 Å². The van der Waals surface area contributed by atoms with Gasteiger partial charge in [0.1, 0.15) is 0 Å². The standard InChI is InChI=1S/C20H33N5O2.HI/c1-3-21-20(23-15-19(16-26)18-7-5-4-6-8-18)22-9-10-24-11-13-25(14-12-24)17(2)27;/h4-8,19,26H,3,9-16H2,1-2H3,(H2,21,22,23);1H. The predicted molar refractivity (Wildman–Crippen MR) is 124 cm³/mol. The first-order chi connectivity index (χ1) is 13.1. The van der Waals surface area contributed by atoms with Crippen LogP contribution in [-0.2, 0) is 4.79 Å². The molecule has 1 aromatic carbocycles. The van der Waals surface area contributed by atoms with E-state index in [1.54, 1.807) is 6.92 Å². The van der Waals surface area contributed by atoms with Crippen LogP contribution in [0.4, 0.5) is 0 Å². The Morgan fingerprint density at radius 1 is 1.18 bits per heavy atom. The van der Waals surface area contributed by atoms with Crippen molar-refractivity contribution in [3.63, 3.8) is 0 Å². The minimum Gasteiger partial charge on any atom is -0.396 e. The normalized spacial score (nSPS) is 16.2. The van der Waals surface area contributed by atoms with Crippen molar-refractivity contribution in [3.05, 3.63) is 35.9 Å². The van der Waals surface area contributed by atoms with Gasteiger partial charge in [0.2, 0.25) is 5.91 Å². The number of amides is 1. The fraction of sp³-hybridized carbons (Fsp3) is 0.600. The number of aliphatic imine (C=N–C) groups is 1. The highest BCUT2D eigenvalue weighted by Gasteiger charge is 2.18. The number of halogens is 1. The summed E-state index contributed by atoms with van der Waals surface area (Å²) >= 11 is 0.